The molecule has 0 bridgehead atoms. The van der Waals surface area contributed by atoms with Gasteiger partial charge >= 0.3 is 0 Å². The monoisotopic (exact) mass is 427 g/mol. The Morgan fingerprint density at radius 3 is 2.67 bits per heavy atom. The van der Waals surface area contributed by atoms with Crippen molar-refractivity contribution in [3.05, 3.63) is 56.5 Å². The molecule has 0 spiro atoms. The van der Waals surface area contributed by atoms with Gasteiger partial charge in [-0.25, -0.2) is 0 Å². The number of benzene rings is 2. The number of Topliss-reactive ketones (excluding diaryl/α,β-unsaturated/α-hetero) is 1. The minimum atomic E-state index is -0.510. The minimum Gasteiger partial charge on any atom is -0.492 e. The summed E-state index contributed by atoms with van der Waals surface area (Å²) in [5.41, 5.74) is 1.06. The molecule has 2 aromatic carbocycles. The van der Waals surface area contributed by atoms with Crippen molar-refractivity contribution in [3.8, 4) is 5.75 Å². The highest BCUT2D eigenvalue weighted by Gasteiger charge is 2.35. The summed E-state index contributed by atoms with van der Waals surface area (Å²) >= 11 is 15.2. The van der Waals surface area contributed by atoms with Crippen molar-refractivity contribution in [2.75, 3.05) is 18.1 Å². The van der Waals surface area contributed by atoms with Crippen LogP contribution in [0.2, 0.25) is 10.0 Å². The molecule has 124 valence electrons. The van der Waals surface area contributed by atoms with Gasteiger partial charge in [-0.15, -0.1) is 0 Å². The number of ketones is 1. The normalized spacial score (nSPS) is 13.4. The van der Waals surface area contributed by atoms with Crippen molar-refractivity contribution in [1.29, 1.82) is 0 Å². The number of amides is 1. The lowest BCUT2D eigenvalue weighted by Gasteiger charge is -2.17. The van der Waals surface area contributed by atoms with E-state index in [1.54, 1.807) is 36.4 Å². The third-order valence-corrected chi connectivity index (χ3v) is 4.65. The Labute approximate surface area is 157 Å². The molecule has 0 saturated carbocycles. The molecule has 1 aliphatic rings. The second kappa shape index (κ2) is 7.13. The van der Waals surface area contributed by atoms with Crippen molar-refractivity contribution in [2.45, 2.75) is 6.42 Å². The zero-order valence-corrected chi connectivity index (χ0v) is 15.5. The van der Waals surface area contributed by atoms with Crippen LogP contribution in [0.1, 0.15) is 16.8 Å². The first kappa shape index (κ1) is 17.3. The minimum absolute atomic E-state index is 0.351. The summed E-state index contributed by atoms with van der Waals surface area (Å²) < 4.78 is 6.37. The predicted molar refractivity (Wildman–Crippen MR) is 97.4 cm³/mol. The highest BCUT2D eigenvalue weighted by atomic mass is 79.9. The van der Waals surface area contributed by atoms with E-state index < -0.39 is 11.7 Å². The van der Waals surface area contributed by atoms with E-state index in [2.05, 4.69) is 15.9 Å². The maximum absolute atomic E-state index is 12.1. The van der Waals surface area contributed by atoms with Crippen molar-refractivity contribution < 1.29 is 14.3 Å². The highest BCUT2D eigenvalue weighted by molar-refractivity contribution is 9.10. The molecule has 2 aromatic rings. The molecule has 0 unspecified atom stereocenters. The van der Waals surface area contributed by atoms with Crippen LogP contribution in [0.15, 0.2) is 40.9 Å². The van der Waals surface area contributed by atoms with Crippen LogP contribution < -0.4 is 9.64 Å². The van der Waals surface area contributed by atoms with Gasteiger partial charge in [-0.3, -0.25) is 9.59 Å². The molecular weight excluding hydrogens is 417 g/mol. The smallest absolute Gasteiger partial charge is 0.299 e. The first-order valence-corrected chi connectivity index (χ1v) is 8.76. The molecule has 0 N–H and O–H groups in total. The summed E-state index contributed by atoms with van der Waals surface area (Å²) in [4.78, 5) is 25.6. The average Bonchev–Trinajstić information content (AvgIpc) is 2.79. The molecule has 0 fully saturated rings. The molecule has 0 aromatic heterocycles. The summed E-state index contributed by atoms with van der Waals surface area (Å²) in [6.45, 7) is 0.737. The number of anilines is 1. The van der Waals surface area contributed by atoms with Crippen LogP contribution in [0, 0.1) is 0 Å². The molecule has 0 aliphatic carbocycles. The third-order valence-electron chi connectivity index (χ3n) is 3.61. The van der Waals surface area contributed by atoms with Gasteiger partial charge in [0.2, 0.25) is 0 Å². The number of carbonyl (C=O) groups is 2. The third kappa shape index (κ3) is 3.43. The van der Waals surface area contributed by atoms with E-state index in [-0.39, 0.29) is 0 Å². The molecule has 24 heavy (non-hydrogen) atoms. The maximum atomic E-state index is 12.1. The Bertz CT molecular complexity index is 825. The average molecular weight is 429 g/mol. The fourth-order valence-electron chi connectivity index (χ4n) is 2.49. The zero-order chi connectivity index (χ0) is 17.3. The van der Waals surface area contributed by atoms with Gasteiger partial charge in [-0.1, -0.05) is 39.1 Å². The van der Waals surface area contributed by atoms with Gasteiger partial charge in [0.15, 0.2) is 0 Å². The second-order valence-electron chi connectivity index (χ2n) is 5.22. The van der Waals surface area contributed by atoms with Crippen LogP contribution in [-0.4, -0.2) is 24.8 Å². The molecule has 0 radical (unpaired) electrons. The number of halogens is 3. The van der Waals surface area contributed by atoms with E-state index in [1.807, 2.05) is 0 Å². The maximum Gasteiger partial charge on any atom is 0.299 e. The number of fused-ring (bicyclic) bond motifs is 1. The van der Waals surface area contributed by atoms with Gasteiger partial charge in [0.25, 0.3) is 11.7 Å². The van der Waals surface area contributed by atoms with E-state index in [4.69, 9.17) is 27.9 Å². The van der Waals surface area contributed by atoms with E-state index >= 15 is 0 Å². The lowest BCUT2D eigenvalue weighted by atomic mass is 10.1. The van der Waals surface area contributed by atoms with Crippen LogP contribution in [-0.2, 0) is 4.79 Å². The summed E-state index contributed by atoms with van der Waals surface area (Å²) in [5, 5.41) is 1.01. The Morgan fingerprint density at radius 2 is 1.88 bits per heavy atom. The quantitative estimate of drug-likeness (QED) is 0.509. The molecule has 0 atom stereocenters. The van der Waals surface area contributed by atoms with Crippen LogP contribution in [0.5, 0.6) is 5.75 Å². The Balaban J connectivity index is 1.62. The molecular formula is C17H12BrCl2NO3. The van der Waals surface area contributed by atoms with Gasteiger partial charge in [-0.05, 0) is 36.8 Å². The van der Waals surface area contributed by atoms with Crippen LogP contribution in [0.4, 0.5) is 5.69 Å². The van der Waals surface area contributed by atoms with Gasteiger partial charge in [0.1, 0.15) is 5.75 Å². The first-order chi connectivity index (χ1) is 11.5. The molecule has 7 heteroatoms. The molecule has 0 saturated heterocycles. The molecule has 1 amide bonds. The fourth-order valence-corrected chi connectivity index (χ4v) is 3.18. The van der Waals surface area contributed by atoms with Crippen molar-refractivity contribution >= 4 is 56.5 Å². The summed E-state index contributed by atoms with van der Waals surface area (Å²) in [6, 6.07) is 10.2. The molecule has 4 nitrogen and oxygen atoms in total. The molecule has 3 rings (SSSR count). The van der Waals surface area contributed by atoms with E-state index in [0.717, 1.165) is 4.47 Å². The SMILES string of the molecule is O=C1C(=O)N(CCCOc2cc(Cl)ccc2Cl)c2ccc(Br)cc21. The zero-order valence-electron chi connectivity index (χ0n) is 12.4. The van der Waals surface area contributed by atoms with Gasteiger partial charge in [0, 0.05) is 22.1 Å². The van der Waals surface area contributed by atoms with Crippen molar-refractivity contribution in [3.63, 3.8) is 0 Å². The number of ether oxygens (including phenoxy) is 1. The van der Waals surface area contributed by atoms with E-state index in [0.29, 0.717) is 46.6 Å². The van der Waals surface area contributed by atoms with Crippen LogP contribution >= 0.6 is 39.1 Å². The van der Waals surface area contributed by atoms with Crippen molar-refractivity contribution in [2.24, 2.45) is 0 Å². The number of hydrogen-bond acceptors (Lipinski definition) is 3. The number of nitrogens with zero attached hydrogens (tertiary/aromatic N) is 1. The van der Waals surface area contributed by atoms with E-state index in [1.165, 1.54) is 4.90 Å². The topological polar surface area (TPSA) is 46.6 Å². The molecule has 1 heterocycles. The predicted octanol–water partition coefficient (Wildman–Crippen LogP) is 4.75. The lowest BCUT2D eigenvalue weighted by molar-refractivity contribution is -0.114. The fraction of sp³-hybridized carbons (Fsp3) is 0.176. The molecule has 1 aliphatic heterocycles. The summed E-state index contributed by atoms with van der Waals surface area (Å²) in [6.07, 6.45) is 0.553. The number of carbonyl (C=O) groups excluding carboxylic acids is 2. The van der Waals surface area contributed by atoms with Crippen LogP contribution in [0.3, 0.4) is 0 Å². The number of rotatable bonds is 5. The Morgan fingerprint density at radius 1 is 1.08 bits per heavy atom. The van der Waals surface area contributed by atoms with Gasteiger partial charge in [-0.2, -0.15) is 0 Å². The van der Waals surface area contributed by atoms with Gasteiger partial charge < -0.3 is 9.64 Å². The Hall–Kier alpha value is -1.56. The van der Waals surface area contributed by atoms with Gasteiger partial charge in [0.05, 0.1) is 22.9 Å². The summed E-state index contributed by atoms with van der Waals surface area (Å²) in [7, 11) is 0. The number of hydrogen-bond donors (Lipinski definition) is 0. The highest BCUT2D eigenvalue weighted by Crippen LogP contribution is 2.32. The first-order valence-electron chi connectivity index (χ1n) is 7.21. The van der Waals surface area contributed by atoms with Crippen LogP contribution in [0.25, 0.3) is 0 Å². The lowest BCUT2D eigenvalue weighted by Crippen LogP contribution is -2.31. The Kier molecular flexibility index (Phi) is 5.13. The second-order valence-corrected chi connectivity index (χ2v) is 6.98. The largest absolute Gasteiger partial charge is 0.492 e. The van der Waals surface area contributed by atoms with Crippen molar-refractivity contribution in [1.82, 2.24) is 0 Å². The van der Waals surface area contributed by atoms with E-state index in [9.17, 15) is 9.59 Å². The summed E-state index contributed by atoms with van der Waals surface area (Å²) in [5.74, 6) is -0.494. The standard InChI is InChI=1S/C17H12BrCl2NO3/c18-10-2-5-14-12(8-10)16(22)17(23)21(14)6-1-7-24-15-9-11(19)3-4-13(15)20/h2-5,8-9H,1,6-7H2.